The Balaban J connectivity index is 1.10. The number of aromatic nitrogens is 1. The zero-order valence-corrected chi connectivity index (χ0v) is 73.5. The molecule has 9 rings (SSSR count). The fraction of sp³-hybridized carbons (Fsp3) is 0.473. The van der Waals surface area contributed by atoms with Crippen LogP contribution in [0.25, 0.3) is 10.9 Å². The van der Waals surface area contributed by atoms with Crippen LogP contribution in [-0.2, 0) is 109 Å². The number of benzene rings is 5. The van der Waals surface area contributed by atoms with Crippen LogP contribution in [0.1, 0.15) is 120 Å². The Morgan fingerprint density at radius 3 is 1.60 bits per heavy atom. The second-order valence-corrected chi connectivity index (χ2v) is 34.3. The minimum Gasteiger partial charge on any atom is -0.508 e. The van der Waals surface area contributed by atoms with E-state index in [2.05, 4.69) is 47.5 Å². The smallest absolute Gasteiger partial charge is 0.305 e. The number of para-hydroxylation sites is 1. The number of carboxylic acid groups (broad SMARTS) is 1. The number of phenols is 1. The van der Waals surface area contributed by atoms with Gasteiger partial charge in [0.25, 0.3) is 0 Å². The monoisotopic (exact) mass is 1750 g/mol. The number of hydrogen-bond acceptors (Lipinski definition) is 18. The number of carbonyl (C=O) groups is 16. The number of phenolic OH excluding ortho intramolecular Hbond substituents is 1. The molecule has 4 heterocycles. The van der Waals surface area contributed by atoms with Gasteiger partial charge < -0.3 is 92.9 Å². The predicted octanol–water partition coefficient (Wildman–Crippen LogP) is 2.42. The molecule has 3 aliphatic heterocycles. The number of aromatic hydroxyl groups is 1. The van der Waals surface area contributed by atoms with E-state index in [0.717, 1.165) is 21.6 Å². The van der Waals surface area contributed by atoms with E-state index in [9.17, 15) is 48.6 Å². The number of primary amides is 1. The number of fused-ring (bicyclic) bond motifs is 3. The van der Waals surface area contributed by atoms with Crippen LogP contribution >= 0.6 is 11.8 Å². The predicted molar refractivity (Wildman–Crippen MR) is 470 cm³/mol. The van der Waals surface area contributed by atoms with Crippen LogP contribution in [0.5, 0.6) is 5.75 Å². The quantitative estimate of drug-likeness (QED) is 0.0492. The van der Waals surface area contributed by atoms with E-state index in [-0.39, 0.29) is 88.3 Å². The summed E-state index contributed by atoms with van der Waals surface area (Å²) in [5, 5.41) is 42.9. The van der Waals surface area contributed by atoms with Gasteiger partial charge in [-0.25, -0.2) is 0 Å². The van der Waals surface area contributed by atoms with Crippen LogP contribution in [0.3, 0.4) is 0 Å². The van der Waals surface area contributed by atoms with E-state index >= 15 is 38.4 Å². The number of amides is 15. The summed E-state index contributed by atoms with van der Waals surface area (Å²) >= 11 is 0.845. The average Bonchev–Trinajstić information content (AvgIpc) is 1.61. The van der Waals surface area contributed by atoms with E-state index in [1.165, 1.54) is 72.1 Å². The van der Waals surface area contributed by atoms with E-state index in [1.54, 1.807) is 137 Å². The summed E-state index contributed by atoms with van der Waals surface area (Å²) in [7, 11) is 5.40. The number of nitrogens with one attached hydrogen (secondary N) is 9. The summed E-state index contributed by atoms with van der Waals surface area (Å²) in [5.41, 5.74) is 8.95. The number of hydrogen-bond donors (Lipinski definition) is 12. The molecule has 0 bridgehead atoms. The van der Waals surface area contributed by atoms with Crippen molar-refractivity contribution in [1.82, 2.24) is 76.9 Å². The minimum absolute atomic E-state index is 0.0412. The molecule has 0 unspecified atom stereocenters. The molecule has 0 saturated carbocycles. The number of thioether (sulfide) groups is 1. The molecule has 3 aliphatic rings. The van der Waals surface area contributed by atoms with Gasteiger partial charge in [0, 0.05) is 96.2 Å². The Morgan fingerprint density at radius 2 is 1.01 bits per heavy atom. The first-order valence-electron chi connectivity index (χ1n) is 42.7. The fourth-order valence-electron chi connectivity index (χ4n) is 16.0. The molecule has 0 radical (unpaired) electrons. The number of nitrogens with zero attached hydrogens (tertiary/aromatic N) is 6. The van der Waals surface area contributed by atoms with Crippen molar-refractivity contribution in [3.05, 3.63) is 174 Å². The standard InChI is InChI=1S/C91H118N16O18S/c1-10-11-33-71-87(121)102(6)51-76(110)95-67(48-78(112)113)84(118)101-79(55(4)5)91(125)105(9)74(46-58-29-19-14-20-30-58)90(124)107-41-24-35-72(107)89(123)106-40-23-34-70(106)85(119)99-66(47-60-49-93-63-32-22-21-31-62(60)63)83(117)98-65(43-59-36-38-61(108)39-37-59)82(116)97-64(42-54(2)3)81(115)100-69(80(114)94-50-75(92)109)52-126-53-77(111)96-68(44-56-25-15-12-16-26-56)86(120)104(8)73(88(122)103(71)7)45-57-27-17-13-18-28-57/h12-22,25-32,36-39,49,54-55,64-74,79,93,108H,10-11,23-24,33-35,40-48,50-53H2,1-9H3,(H2,92,109)(H,94,114)(H,95,110)(H,96,111)(H,97,116)(H,98,117)(H,99,119)(H,100,115)(H,101,118)(H,112,113)/t64-,65-,66-,67-,68-,69-,70+,71-,72-,73-,74-,79-/m0/s1. The third-order valence-electron chi connectivity index (χ3n) is 22.9. The van der Waals surface area contributed by atoms with Crippen molar-refractivity contribution >= 4 is 117 Å². The van der Waals surface area contributed by atoms with Crippen LogP contribution in [0.2, 0.25) is 0 Å². The molecule has 676 valence electrons. The van der Waals surface area contributed by atoms with E-state index in [4.69, 9.17) is 5.73 Å². The number of H-pyrrole nitrogens is 1. The molecular formula is C91H118N16O18S. The normalized spacial score (nSPS) is 23.7. The number of nitrogens with two attached hydrogens (primary N) is 1. The van der Waals surface area contributed by atoms with E-state index in [1.807, 2.05) is 19.1 Å². The van der Waals surface area contributed by atoms with Crippen molar-refractivity contribution in [3.63, 3.8) is 0 Å². The maximum absolute atomic E-state index is 15.6. The summed E-state index contributed by atoms with van der Waals surface area (Å²) in [6, 6.07) is 21.8. The first-order valence-corrected chi connectivity index (χ1v) is 43.8. The molecule has 6 aromatic rings. The van der Waals surface area contributed by atoms with Crippen LogP contribution in [0.15, 0.2) is 146 Å². The lowest BCUT2D eigenvalue weighted by Crippen LogP contribution is -2.61. The molecule has 0 spiro atoms. The topological polar surface area (TPSA) is 471 Å². The molecule has 3 saturated heterocycles. The van der Waals surface area contributed by atoms with Gasteiger partial charge in [0.1, 0.15) is 78.3 Å². The molecule has 126 heavy (non-hydrogen) atoms. The van der Waals surface area contributed by atoms with Crippen molar-refractivity contribution in [2.45, 2.75) is 197 Å². The summed E-state index contributed by atoms with van der Waals surface area (Å²) in [6.07, 6.45) is 1.67. The summed E-state index contributed by atoms with van der Waals surface area (Å²) in [6.45, 7) is 7.24. The Labute approximate surface area is 737 Å². The summed E-state index contributed by atoms with van der Waals surface area (Å²) in [4.78, 5) is 246. The second-order valence-electron chi connectivity index (χ2n) is 33.3. The van der Waals surface area contributed by atoms with Gasteiger partial charge in [0.05, 0.1) is 25.3 Å². The van der Waals surface area contributed by atoms with Gasteiger partial charge in [-0.1, -0.05) is 169 Å². The van der Waals surface area contributed by atoms with Gasteiger partial charge in [-0.3, -0.25) is 76.7 Å². The molecule has 1 aromatic heterocycles. The molecule has 15 amide bonds. The van der Waals surface area contributed by atoms with Gasteiger partial charge in [-0.15, -0.1) is 11.8 Å². The minimum atomic E-state index is -1.86. The number of carbonyl (C=O) groups excluding carboxylic acids is 15. The highest BCUT2D eigenvalue weighted by atomic mass is 32.2. The van der Waals surface area contributed by atoms with Gasteiger partial charge in [0.15, 0.2) is 0 Å². The van der Waals surface area contributed by atoms with Gasteiger partial charge in [-0.2, -0.15) is 0 Å². The Hall–Kier alpha value is -12.7. The first kappa shape index (κ1) is 97.1. The molecular weight excluding hydrogens is 1640 g/mol. The number of aliphatic carboxylic acids is 1. The van der Waals surface area contributed by atoms with Crippen molar-refractivity contribution < 1.29 is 86.9 Å². The van der Waals surface area contributed by atoms with Crippen LogP contribution in [0, 0.1) is 11.8 Å². The molecule has 5 aromatic carbocycles. The van der Waals surface area contributed by atoms with Crippen LogP contribution < -0.4 is 48.3 Å². The highest BCUT2D eigenvalue weighted by molar-refractivity contribution is 8.00. The molecule has 13 N–H and O–H groups in total. The number of unbranched alkanes of at least 4 members (excludes halogenated alkanes) is 1. The van der Waals surface area contributed by atoms with Crippen molar-refractivity contribution in [2.24, 2.45) is 17.6 Å². The molecule has 3 fully saturated rings. The first-order chi connectivity index (χ1) is 60.1. The average molecular weight is 1760 g/mol. The van der Waals surface area contributed by atoms with Crippen molar-refractivity contribution in [1.29, 1.82) is 0 Å². The molecule has 12 atom stereocenters. The maximum Gasteiger partial charge on any atom is 0.305 e. The number of likely N-dealkylation sites (N-methyl/N-ethyl adjacent to an activating group) is 4. The summed E-state index contributed by atoms with van der Waals surface area (Å²) < 4.78 is 0. The third kappa shape index (κ3) is 26.9. The zero-order chi connectivity index (χ0) is 91.6. The van der Waals surface area contributed by atoms with Crippen LogP contribution in [0.4, 0.5) is 0 Å². The fourth-order valence-corrected chi connectivity index (χ4v) is 16.9. The van der Waals surface area contributed by atoms with Crippen molar-refractivity contribution in [3.8, 4) is 5.75 Å². The van der Waals surface area contributed by atoms with Crippen molar-refractivity contribution in [2.75, 3.05) is 65.9 Å². The Morgan fingerprint density at radius 1 is 0.508 bits per heavy atom. The summed E-state index contributed by atoms with van der Waals surface area (Å²) in [5.74, 6) is -16.0. The Bertz CT molecular complexity index is 4850. The number of aromatic amines is 1. The van der Waals surface area contributed by atoms with Gasteiger partial charge >= 0.3 is 5.97 Å². The lowest BCUT2D eigenvalue weighted by Gasteiger charge is -2.37. The number of carboxylic acids is 1. The van der Waals surface area contributed by atoms with Gasteiger partial charge in [-0.05, 0) is 96.4 Å². The van der Waals surface area contributed by atoms with E-state index < -0.39 is 198 Å². The lowest BCUT2D eigenvalue weighted by molar-refractivity contribution is -0.152. The largest absolute Gasteiger partial charge is 0.508 e. The highest BCUT2D eigenvalue weighted by Crippen LogP contribution is 2.30. The maximum atomic E-state index is 15.6. The second kappa shape index (κ2) is 46.3. The Kier molecular flexibility index (Phi) is 35.7. The zero-order valence-electron chi connectivity index (χ0n) is 72.7. The molecule has 34 nitrogen and oxygen atoms in total. The van der Waals surface area contributed by atoms with Gasteiger partial charge in [0.2, 0.25) is 88.6 Å². The molecule has 35 heteroatoms. The number of rotatable bonds is 21. The SMILES string of the molecule is CCCC[C@H]1C(=O)N(C)CC(=O)N[C@@H](CC(=O)O)C(=O)N[C@@H](C(C)C)C(=O)N(C)[C@@H](Cc2ccccc2)C(=O)N2CCC[C@H]2C(=O)N2CCC[C@@H]2C(=O)N[C@@H](Cc2c[nH]c3ccccc23)C(=O)N[C@@H](Cc2ccc(O)cc2)C(=O)N[C@@H](CC(C)C)C(=O)N[C@H](C(=O)NCC(N)=O)CSCC(=O)N[C@@H](Cc2ccccc2)C(=O)N(C)[C@@H](Cc2ccccc2)C(=O)N1C. The third-order valence-corrected chi connectivity index (χ3v) is 24.0. The lowest BCUT2D eigenvalue weighted by atomic mass is 9.98. The van der Waals surface area contributed by atoms with E-state index in [0.29, 0.717) is 64.4 Å². The highest BCUT2D eigenvalue weighted by Gasteiger charge is 2.47. The van der Waals surface area contributed by atoms with Crippen LogP contribution in [-0.4, -0.2) is 278 Å². The molecule has 0 aliphatic carbocycles.